The van der Waals surface area contributed by atoms with E-state index in [9.17, 15) is 4.79 Å². The summed E-state index contributed by atoms with van der Waals surface area (Å²) in [6, 6.07) is 15.8. The van der Waals surface area contributed by atoms with E-state index in [1.54, 1.807) is 55.6 Å². The summed E-state index contributed by atoms with van der Waals surface area (Å²) in [5.74, 6) is 1.50. The Kier molecular flexibility index (Phi) is 6.82. The molecular formula is C18H17N3O4. The highest BCUT2D eigenvalue weighted by atomic mass is 16.5. The molecule has 0 aliphatic carbocycles. The van der Waals surface area contributed by atoms with Crippen molar-refractivity contribution >= 4 is 12.1 Å². The molecule has 0 saturated heterocycles. The maximum atomic E-state index is 11.7. The summed E-state index contributed by atoms with van der Waals surface area (Å²) >= 11 is 0. The molecule has 7 nitrogen and oxygen atoms in total. The number of nitrogens with one attached hydrogen (secondary N) is 1. The Hall–Kier alpha value is -3.53. The molecule has 25 heavy (non-hydrogen) atoms. The van der Waals surface area contributed by atoms with Crippen LogP contribution in [0.25, 0.3) is 0 Å². The Labute approximate surface area is 145 Å². The van der Waals surface area contributed by atoms with Gasteiger partial charge in [0.15, 0.2) is 13.2 Å². The van der Waals surface area contributed by atoms with Gasteiger partial charge in [0.25, 0.3) is 5.91 Å². The summed E-state index contributed by atoms with van der Waals surface area (Å²) in [5.41, 5.74) is 3.16. The second-order valence-corrected chi connectivity index (χ2v) is 4.77. The molecule has 128 valence electrons. The highest BCUT2D eigenvalue weighted by Gasteiger charge is 2.01. The first kappa shape index (κ1) is 17.8. The van der Waals surface area contributed by atoms with Crippen LogP contribution in [0, 0.1) is 11.3 Å². The van der Waals surface area contributed by atoms with Gasteiger partial charge in [-0.05, 0) is 54.1 Å². The number of hydrogen-bond acceptors (Lipinski definition) is 6. The van der Waals surface area contributed by atoms with Gasteiger partial charge in [0.1, 0.15) is 23.3 Å². The minimum absolute atomic E-state index is 0.00229. The van der Waals surface area contributed by atoms with Gasteiger partial charge < -0.3 is 14.2 Å². The van der Waals surface area contributed by atoms with Crippen molar-refractivity contribution in [3.8, 4) is 23.3 Å². The van der Waals surface area contributed by atoms with Gasteiger partial charge in [-0.15, -0.1) is 0 Å². The number of carbonyl (C=O) groups excluding carboxylic acids is 1. The monoisotopic (exact) mass is 339 g/mol. The van der Waals surface area contributed by atoms with E-state index in [0.717, 1.165) is 5.56 Å². The molecule has 2 aromatic carbocycles. The molecule has 0 unspecified atom stereocenters. The lowest BCUT2D eigenvalue weighted by molar-refractivity contribution is -0.123. The van der Waals surface area contributed by atoms with E-state index >= 15 is 0 Å². The molecule has 0 spiro atoms. The molecular weight excluding hydrogens is 322 g/mol. The molecule has 0 radical (unpaired) electrons. The maximum Gasteiger partial charge on any atom is 0.277 e. The zero-order chi connectivity index (χ0) is 17.9. The quantitative estimate of drug-likeness (QED) is 0.587. The lowest BCUT2D eigenvalue weighted by atomic mass is 10.2. The fourth-order valence-electron chi connectivity index (χ4n) is 1.80. The van der Waals surface area contributed by atoms with Crippen molar-refractivity contribution in [3.05, 3.63) is 54.1 Å². The van der Waals surface area contributed by atoms with Crippen LogP contribution in [-0.4, -0.2) is 32.4 Å². The van der Waals surface area contributed by atoms with Crippen molar-refractivity contribution in [2.24, 2.45) is 5.10 Å². The average molecular weight is 339 g/mol. The third kappa shape index (κ3) is 6.23. The summed E-state index contributed by atoms with van der Waals surface area (Å²) in [4.78, 5) is 11.7. The van der Waals surface area contributed by atoms with E-state index in [1.807, 2.05) is 6.07 Å². The predicted molar refractivity (Wildman–Crippen MR) is 91.8 cm³/mol. The number of benzene rings is 2. The summed E-state index contributed by atoms with van der Waals surface area (Å²) in [7, 11) is 1.58. The highest BCUT2D eigenvalue weighted by Crippen LogP contribution is 2.16. The van der Waals surface area contributed by atoms with Gasteiger partial charge in [-0.1, -0.05) is 0 Å². The van der Waals surface area contributed by atoms with Gasteiger partial charge in [0.05, 0.1) is 13.3 Å². The lowest BCUT2D eigenvalue weighted by Gasteiger charge is -2.06. The molecule has 0 heterocycles. The molecule has 2 aromatic rings. The lowest BCUT2D eigenvalue weighted by Crippen LogP contribution is -2.24. The topological polar surface area (TPSA) is 92.9 Å². The van der Waals surface area contributed by atoms with E-state index in [-0.39, 0.29) is 19.1 Å². The second-order valence-electron chi connectivity index (χ2n) is 4.77. The van der Waals surface area contributed by atoms with Crippen LogP contribution in [0.5, 0.6) is 17.2 Å². The van der Waals surface area contributed by atoms with Crippen molar-refractivity contribution in [3.63, 3.8) is 0 Å². The van der Waals surface area contributed by atoms with Crippen LogP contribution < -0.4 is 19.6 Å². The van der Waals surface area contributed by atoms with Crippen molar-refractivity contribution in [2.75, 3.05) is 20.3 Å². The van der Waals surface area contributed by atoms with Gasteiger partial charge in [-0.25, -0.2) is 5.43 Å². The smallest absolute Gasteiger partial charge is 0.277 e. The van der Waals surface area contributed by atoms with Crippen molar-refractivity contribution in [2.45, 2.75) is 0 Å². The zero-order valence-electron chi connectivity index (χ0n) is 13.6. The fourth-order valence-corrected chi connectivity index (χ4v) is 1.80. The molecule has 1 N–H and O–H groups in total. The number of amides is 1. The van der Waals surface area contributed by atoms with Gasteiger partial charge in [0.2, 0.25) is 0 Å². The van der Waals surface area contributed by atoms with Crippen LogP contribution in [-0.2, 0) is 4.79 Å². The number of hydrazone groups is 1. The number of nitrogens with zero attached hydrogens (tertiary/aromatic N) is 2. The first-order chi connectivity index (χ1) is 12.2. The maximum absolute atomic E-state index is 11.7. The molecule has 0 atom stereocenters. The third-order valence-electron chi connectivity index (χ3n) is 3.02. The summed E-state index contributed by atoms with van der Waals surface area (Å²) < 4.78 is 15.5. The van der Waals surface area contributed by atoms with Crippen LogP contribution in [0.2, 0.25) is 0 Å². The minimum Gasteiger partial charge on any atom is -0.497 e. The molecule has 7 heteroatoms. The molecule has 0 aliphatic rings. The highest BCUT2D eigenvalue weighted by molar-refractivity contribution is 5.83. The van der Waals surface area contributed by atoms with E-state index in [2.05, 4.69) is 10.5 Å². The Balaban J connectivity index is 1.75. The average Bonchev–Trinajstić information content (AvgIpc) is 2.66. The van der Waals surface area contributed by atoms with E-state index in [0.29, 0.717) is 17.2 Å². The molecule has 0 saturated carbocycles. The molecule has 1 amide bonds. The van der Waals surface area contributed by atoms with Crippen LogP contribution in [0.3, 0.4) is 0 Å². The summed E-state index contributed by atoms with van der Waals surface area (Å²) in [5, 5.41) is 12.3. The molecule has 0 aliphatic heterocycles. The number of hydrogen-bond donors (Lipinski definition) is 1. The van der Waals surface area contributed by atoms with Crippen LogP contribution in [0.1, 0.15) is 5.56 Å². The van der Waals surface area contributed by atoms with Crippen molar-refractivity contribution in [1.29, 1.82) is 5.26 Å². The van der Waals surface area contributed by atoms with E-state index in [1.165, 1.54) is 6.21 Å². The Morgan fingerprint density at radius 2 is 1.68 bits per heavy atom. The van der Waals surface area contributed by atoms with Crippen molar-refractivity contribution in [1.82, 2.24) is 5.43 Å². The fraction of sp³-hybridized carbons (Fsp3) is 0.167. The molecule has 0 fully saturated rings. The van der Waals surface area contributed by atoms with Crippen LogP contribution in [0.4, 0.5) is 0 Å². The Morgan fingerprint density at radius 1 is 1.08 bits per heavy atom. The van der Waals surface area contributed by atoms with E-state index < -0.39 is 0 Å². The van der Waals surface area contributed by atoms with Gasteiger partial charge >= 0.3 is 0 Å². The molecule has 0 bridgehead atoms. The zero-order valence-corrected chi connectivity index (χ0v) is 13.6. The Bertz CT molecular complexity index is 749. The van der Waals surface area contributed by atoms with Crippen molar-refractivity contribution < 1.29 is 19.0 Å². The van der Waals surface area contributed by atoms with Crippen LogP contribution in [0.15, 0.2) is 53.6 Å². The molecule has 0 aromatic heterocycles. The number of carbonyl (C=O) groups is 1. The molecule has 2 rings (SSSR count). The van der Waals surface area contributed by atoms with Gasteiger partial charge in [-0.2, -0.15) is 10.4 Å². The number of rotatable bonds is 8. The number of ether oxygens (including phenoxy) is 3. The minimum atomic E-state index is -0.374. The predicted octanol–water partition coefficient (Wildman–Crippen LogP) is 2.13. The Morgan fingerprint density at radius 3 is 2.32 bits per heavy atom. The standard InChI is InChI=1S/C18H17N3O4/c1-23-15-6-8-17(9-7-15)25-13-18(22)21-20-12-14-2-4-16(5-3-14)24-11-10-19/h2-9,12H,11,13H2,1H3,(H,21,22)/b20-12-. The summed E-state index contributed by atoms with van der Waals surface area (Å²) in [6.07, 6.45) is 1.50. The number of methoxy groups -OCH3 is 1. The van der Waals surface area contributed by atoms with Crippen LogP contribution >= 0.6 is 0 Å². The van der Waals surface area contributed by atoms with Gasteiger partial charge in [0, 0.05) is 0 Å². The number of nitriles is 1. The third-order valence-corrected chi connectivity index (χ3v) is 3.02. The van der Waals surface area contributed by atoms with Gasteiger partial charge in [-0.3, -0.25) is 4.79 Å². The first-order valence-electron chi connectivity index (χ1n) is 7.40. The summed E-state index contributed by atoms with van der Waals surface area (Å²) in [6.45, 7) is -0.151. The van der Waals surface area contributed by atoms with E-state index in [4.69, 9.17) is 19.5 Å². The largest absolute Gasteiger partial charge is 0.497 e. The second kappa shape index (κ2) is 9.57. The normalized spacial score (nSPS) is 10.1. The SMILES string of the molecule is COc1ccc(OCC(=O)N/N=C\c2ccc(OCC#N)cc2)cc1. The first-order valence-corrected chi connectivity index (χ1v) is 7.40.